The summed E-state index contributed by atoms with van der Waals surface area (Å²) in [6.07, 6.45) is 0.117. The number of halogens is 2. The fourth-order valence-electron chi connectivity index (χ4n) is 2.13. The highest BCUT2D eigenvalue weighted by atomic mass is 19.1. The lowest BCUT2D eigenvalue weighted by Crippen LogP contribution is -2.22. The van der Waals surface area contributed by atoms with E-state index in [2.05, 4.69) is 5.32 Å². The zero-order valence-corrected chi connectivity index (χ0v) is 13.1. The number of amides is 1. The third-order valence-corrected chi connectivity index (χ3v) is 3.41. The van der Waals surface area contributed by atoms with Gasteiger partial charge in [0.05, 0.1) is 12.1 Å². The predicted octanol–water partition coefficient (Wildman–Crippen LogP) is 3.64. The Labute approximate surface area is 138 Å². The number of carbonyl (C=O) groups excluding carboxylic acids is 2. The van der Waals surface area contributed by atoms with Crippen LogP contribution in [0.3, 0.4) is 0 Å². The van der Waals surface area contributed by atoms with E-state index in [1.807, 2.05) is 37.3 Å². The second-order valence-corrected chi connectivity index (χ2v) is 5.35. The molecule has 0 fully saturated rings. The smallest absolute Gasteiger partial charge is 0.306 e. The molecule has 0 spiro atoms. The average Bonchev–Trinajstić information content (AvgIpc) is 2.57. The summed E-state index contributed by atoms with van der Waals surface area (Å²) < 4.78 is 31.3. The second kappa shape index (κ2) is 8.19. The lowest BCUT2D eigenvalue weighted by atomic mass is 9.98. The molecule has 0 bridgehead atoms. The van der Waals surface area contributed by atoms with Crippen molar-refractivity contribution in [2.24, 2.45) is 0 Å². The summed E-state index contributed by atoms with van der Waals surface area (Å²) in [5.41, 5.74) is 0.689. The number of rotatable bonds is 6. The summed E-state index contributed by atoms with van der Waals surface area (Å²) in [5.74, 6) is -2.78. The maximum absolute atomic E-state index is 13.4. The van der Waals surface area contributed by atoms with E-state index in [1.165, 1.54) is 0 Å². The van der Waals surface area contributed by atoms with E-state index in [0.717, 1.165) is 23.8 Å². The van der Waals surface area contributed by atoms with Gasteiger partial charge in [0.15, 0.2) is 6.61 Å². The van der Waals surface area contributed by atoms with Crippen LogP contribution in [0.5, 0.6) is 0 Å². The van der Waals surface area contributed by atoms with Gasteiger partial charge in [-0.1, -0.05) is 37.3 Å². The van der Waals surface area contributed by atoms with Gasteiger partial charge in [0.1, 0.15) is 11.6 Å². The van der Waals surface area contributed by atoms with Crippen molar-refractivity contribution < 1.29 is 23.1 Å². The molecule has 0 heterocycles. The number of ether oxygens (including phenoxy) is 1. The van der Waals surface area contributed by atoms with Crippen LogP contribution in [0.1, 0.15) is 24.8 Å². The number of hydrogen-bond donors (Lipinski definition) is 1. The number of esters is 1. The predicted molar refractivity (Wildman–Crippen MR) is 85.4 cm³/mol. The minimum absolute atomic E-state index is 0.0533. The molecule has 0 saturated heterocycles. The fraction of sp³-hybridized carbons (Fsp3) is 0.222. The molecule has 0 saturated carbocycles. The topological polar surface area (TPSA) is 55.4 Å². The normalized spacial score (nSPS) is 11.6. The Morgan fingerprint density at radius 2 is 1.83 bits per heavy atom. The van der Waals surface area contributed by atoms with Crippen LogP contribution in [0, 0.1) is 11.6 Å². The first-order chi connectivity index (χ1) is 11.5. The van der Waals surface area contributed by atoms with Crippen LogP contribution in [0.15, 0.2) is 48.5 Å². The van der Waals surface area contributed by atoms with Crippen molar-refractivity contribution in [3.8, 4) is 0 Å². The highest BCUT2D eigenvalue weighted by Gasteiger charge is 2.14. The average molecular weight is 333 g/mol. The number of hydrogen-bond acceptors (Lipinski definition) is 3. The third kappa shape index (κ3) is 5.15. The van der Waals surface area contributed by atoms with Crippen molar-refractivity contribution in [1.82, 2.24) is 0 Å². The summed E-state index contributed by atoms with van der Waals surface area (Å²) in [6, 6.07) is 12.1. The van der Waals surface area contributed by atoms with E-state index in [1.54, 1.807) is 0 Å². The Bertz CT molecular complexity index is 719. The van der Waals surface area contributed by atoms with E-state index in [9.17, 15) is 18.4 Å². The van der Waals surface area contributed by atoms with E-state index in [-0.39, 0.29) is 18.0 Å². The highest BCUT2D eigenvalue weighted by molar-refractivity contribution is 5.92. The van der Waals surface area contributed by atoms with Crippen molar-refractivity contribution >= 4 is 17.6 Å². The molecule has 0 aliphatic heterocycles. The monoisotopic (exact) mass is 333 g/mol. The zero-order valence-electron chi connectivity index (χ0n) is 13.1. The molecular formula is C18H17F2NO3. The first-order valence-electron chi connectivity index (χ1n) is 7.41. The molecule has 0 aromatic heterocycles. The summed E-state index contributed by atoms with van der Waals surface area (Å²) >= 11 is 0. The molecule has 2 aromatic rings. The van der Waals surface area contributed by atoms with Crippen molar-refractivity contribution in [2.45, 2.75) is 19.3 Å². The van der Waals surface area contributed by atoms with Gasteiger partial charge < -0.3 is 10.1 Å². The Morgan fingerprint density at radius 3 is 2.54 bits per heavy atom. The van der Waals surface area contributed by atoms with Gasteiger partial charge in [0, 0.05) is 6.07 Å². The van der Waals surface area contributed by atoms with Crippen LogP contribution in [0.2, 0.25) is 0 Å². The van der Waals surface area contributed by atoms with Crippen LogP contribution in [-0.2, 0) is 14.3 Å². The lowest BCUT2D eigenvalue weighted by Gasteiger charge is -2.11. The fourth-order valence-corrected chi connectivity index (χ4v) is 2.13. The first kappa shape index (κ1) is 17.6. The highest BCUT2D eigenvalue weighted by Crippen LogP contribution is 2.19. The van der Waals surface area contributed by atoms with Crippen LogP contribution in [-0.4, -0.2) is 18.5 Å². The Morgan fingerprint density at radius 1 is 1.12 bits per heavy atom. The molecule has 126 valence electrons. The third-order valence-electron chi connectivity index (χ3n) is 3.41. The van der Waals surface area contributed by atoms with E-state index < -0.39 is 30.1 Å². The minimum atomic E-state index is -0.770. The molecule has 2 rings (SSSR count). The van der Waals surface area contributed by atoms with E-state index in [4.69, 9.17) is 4.74 Å². The first-order valence-corrected chi connectivity index (χ1v) is 7.41. The van der Waals surface area contributed by atoms with Gasteiger partial charge in [-0.05, 0) is 23.6 Å². The molecule has 24 heavy (non-hydrogen) atoms. The van der Waals surface area contributed by atoms with Crippen molar-refractivity contribution in [3.63, 3.8) is 0 Å². The zero-order chi connectivity index (χ0) is 17.5. The Kier molecular flexibility index (Phi) is 6.01. The van der Waals surface area contributed by atoms with Gasteiger partial charge in [0.2, 0.25) is 0 Å². The van der Waals surface area contributed by atoms with Crippen molar-refractivity contribution in [1.29, 1.82) is 0 Å². The molecule has 0 radical (unpaired) electrons. The second-order valence-electron chi connectivity index (χ2n) is 5.35. The number of carbonyl (C=O) groups is 2. The maximum Gasteiger partial charge on any atom is 0.306 e. The van der Waals surface area contributed by atoms with E-state index >= 15 is 0 Å². The van der Waals surface area contributed by atoms with Gasteiger partial charge in [-0.3, -0.25) is 9.59 Å². The summed E-state index contributed by atoms with van der Waals surface area (Å²) in [7, 11) is 0. The summed E-state index contributed by atoms with van der Waals surface area (Å²) in [5, 5.41) is 2.16. The standard InChI is InChI=1S/C18H17F2NO3/c1-12(13-5-3-2-4-6-13)9-18(23)24-11-17(22)21-16-10-14(19)7-8-15(16)20/h2-8,10,12H,9,11H2,1H3,(H,21,22)/t12-/m0/s1. The SMILES string of the molecule is C[C@@H](CC(=O)OCC(=O)Nc1cc(F)ccc1F)c1ccccc1. The number of anilines is 1. The molecule has 1 atom stereocenters. The molecule has 1 N–H and O–H groups in total. The number of benzene rings is 2. The van der Waals surface area contributed by atoms with Gasteiger partial charge in [0.25, 0.3) is 5.91 Å². The quantitative estimate of drug-likeness (QED) is 0.821. The van der Waals surface area contributed by atoms with Crippen LogP contribution < -0.4 is 5.32 Å². The van der Waals surface area contributed by atoms with Gasteiger partial charge in [-0.2, -0.15) is 0 Å². The molecule has 2 aromatic carbocycles. The Hall–Kier alpha value is -2.76. The van der Waals surface area contributed by atoms with Crippen LogP contribution in [0.4, 0.5) is 14.5 Å². The Balaban J connectivity index is 1.81. The molecule has 0 unspecified atom stereocenters. The number of nitrogens with one attached hydrogen (secondary N) is 1. The molecule has 4 nitrogen and oxygen atoms in total. The molecule has 0 aliphatic rings. The minimum Gasteiger partial charge on any atom is -0.456 e. The van der Waals surface area contributed by atoms with Crippen molar-refractivity contribution in [2.75, 3.05) is 11.9 Å². The molecule has 6 heteroatoms. The molecule has 0 aliphatic carbocycles. The maximum atomic E-state index is 13.4. The summed E-state index contributed by atoms with van der Waals surface area (Å²) in [4.78, 5) is 23.4. The van der Waals surface area contributed by atoms with Gasteiger partial charge in [-0.25, -0.2) is 8.78 Å². The van der Waals surface area contributed by atoms with Gasteiger partial charge >= 0.3 is 5.97 Å². The van der Waals surface area contributed by atoms with Crippen LogP contribution >= 0.6 is 0 Å². The molecular weight excluding hydrogens is 316 g/mol. The largest absolute Gasteiger partial charge is 0.456 e. The molecule has 1 amide bonds. The van der Waals surface area contributed by atoms with Gasteiger partial charge in [-0.15, -0.1) is 0 Å². The summed E-state index contributed by atoms with van der Waals surface area (Å²) in [6.45, 7) is 1.31. The lowest BCUT2D eigenvalue weighted by molar-refractivity contribution is -0.147. The van der Waals surface area contributed by atoms with E-state index in [0.29, 0.717) is 0 Å². The van der Waals surface area contributed by atoms with Crippen molar-refractivity contribution in [3.05, 3.63) is 65.7 Å². The van der Waals surface area contributed by atoms with Crippen LogP contribution in [0.25, 0.3) is 0 Å².